The summed E-state index contributed by atoms with van der Waals surface area (Å²) in [4.78, 5) is 2.43. The summed E-state index contributed by atoms with van der Waals surface area (Å²) in [6, 6.07) is 38.2. The molecule has 3 nitrogen and oxygen atoms in total. The van der Waals surface area contributed by atoms with E-state index >= 15 is 0 Å². The van der Waals surface area contributed by atoms with Crippen molar-refractivity contribution in [1.29, 1.82) is 0 Å². The van der Waals surface area contributed by atoms with Gasteiger partial charge in [0.1, 0.15) is 0 Å². The van der Waals surface area contributed by atoms with E-state index in [4.69, 9.17) is 5.10 Å². The van der Waals surface area contributed by atoms with E-state index in [1.54, 1.807) is 0 Å². The van der Waals surface area contributed by atoms with Crippen LogP contribution in [0.3, 0.4) is 0 Å². The lowest BCUT2D eigenvalue weighted by atomic mass is 10.00. The number of para-hydroxylation sites is 2. The monoisotopic (exact) mass is 469 g/mol. The summed E-state index contributed by atoms with van der Waals surface area (Å²) in [6.07, 6.45) is 9.61. The van der Waals surface area contributed by atoms with E-state index in [1.165, 1.54) is 22.5 Å². The molecular weight excluding hydrogens is 438 g/mol. The van der Waals surface area contributed by atoms with E-state index in [0.29, 0.717) is 0 Å². The predicted molar refractivity (Wildman–Crippen MR) is 154 cm³/mol. The molecule has 0 spiro atoms. The molecule has 0 heterocycles. The van der Waals surface area contributed by atoms with Gasteiger partial charge in [0, 0.05) is 11.4 Å². The Morgan fingerprint density at radius 3 is 1.67 bits per heavy atom. The normalized spacial score (nSPS) is 15.1. The molecule has 5 rings (SSSR count). The molecule has 36 heavy (non-hydrogen) atoms. The minimum atomic E-state index is 0.227. The fourth-order valence-electron chi connectivity index (χ4n) is 4.55. The molecular formula is C33H31N3. The van der Waals surface area contributed by atoms with E-state index in [9.17, 15) is 0 Å². The first-order valence-corrected chi connectivity index (χ1v) is 12.4. The van der Waals surface area contributed by atoms with Gasteiger partial charge in [-0.05, 0) is 85.5 Å². The highest BCUT2D eigenvalue weighted by Gasteiger charge is 2.20. The van der Waals surface area contributed by atoms with Gasteiger partial charge in [-0.2, -0.15) is 5.10 Å². The van der Waals surface area contributed by atoms with Crippen LogP contribution in [0.1, 0.15) is 17.5 Å². The first kappa shape index (κ1) is 23.4. The van der Waals surface area contributed by atoms with Crippen molar-refractivity contribution < 1.29 is 0 Å². The van der Waals surface area contributed by atoms with E-state index in [-0.39, 0.29) is 6.04 Å². The molecule has 0 radical (unpaired) electrons. The number of rotatable bonds is 7. The molecule has 0 saturated carbocycles. The van der Waals surface area contributed by atoms with Gasteiger partial charge in [-0.15, -0.1) is 0 Å². The number of anilines is 4. The molecule has 1 aliphatic carbocycles. The lowest BCUT2D eigenvalue weighted by Gasteiger charge is -2.33. The van der Waals surface area contributed by atoms with Crippen LogP contribution in [0.2, 0.25) is 0 Å². The fraction of sp³-hybridized carbons (Fsp3) is 0.121. The molecule has 178 valence electrons. The Hall–Kier alpha value is -4.37. The van der Waals surface area contributed by atoms with Gasteiger partial charge >= 0.3 is 0 Å². The van der Waals surface area contributed by atoms with Crippen molar-refractivity contribution in [1.82, 2.24) is 0 Å². The molecule has 4 aromatic rings. The molecule has 0 fully saturated rings. The molecule has 1 aliphatic rings. The Morgan fingerprint density at radius 2 is 1.19 bits per heavy atom. The summed E-state index contributed by atoms with van der Waals surface area (Å²) in [5.74, 6) is 0. The zero-order chi connectivity index (χ0) is 24.7. The highest BCUT2D eigenvalue weighted by molar-refractivity contribution is 5.85. The fourth-order valence-corrected chi connectivity index (χ4v) is 4.55. The molecule has 0 N–H and O–H groups in total. The topological polar surface area (TPSA) is 18.8 Å². The number of hydrogen-bond donors (Lipinski definition) is 0. The second-order valence-electron chi connectivity index (χ2n) is 9.14. The Kier molecular flexibility index (Phi) is 7.09. The Bertz CT molecular complexity index is 1300. The maximum absolute atomic E-state index is 4.87. The van der Waals surface area contributed by atoms with Crippen molar-refractivity contribution in [3.63, 3.8) is 0 Å². The maximum atomic E-state index is 4.87. The molecule has 1 atom stereocenters. The van der Waals surface area contributed by atoms with Crippen LogP contribution in [0.15, 0.2) is 138 Å². The van der Waals surface area contributed by atoms with Crippen LogP contribution < -0.4 is 9.91 Å². The van der Waals surface area contributed by atoms with Crippen LogP contribution in [0.25, 0.3) is 0 Å². The zero-order valence-corrected chi connectivity index (χ0v) is 20.8. The number of benzene rings is 4. The van der Waals surface area contributed by atoms with Crippen molar-refractivity contribution in [2.24, 2.45) is 5.10 Å². The minimum Gasteiger partial charge on any atom is -0.334 e. The summed E-state index contributed by atoms with van der Waals surface area (Å²) >= 11 is 0. The quantitative estimate of drug-likeness (QED) is 0.199. The maximum Gasteiger partial charge on any atom is 0.0652 e. The van der Waals surface area contributed by atoms with Gasteiger partial charge in [0.05, 0.1) is 23.6 Å². The summed E-state index contributed by atoms with van der Waals surface area (Å²) in [5.41, 5.74) is 8.11. The van der Waals surface area contributed by atoms with Gasteiger partial charge in [-0.25, -0.2) is 5.01 Å². The first-order valence-electron chi connectivity index (χ1n) is 12.4. The van der Waals surface area contributed by atoms with Crippen LogP contribution >= 0.6 is 0 Å². The van der Waals surface area contributed by atoms with Gasteiger partial charge in [-0.3, -0.25) is 0 Å². The second-order valence-corrected chi connectivity index (χ2v) is 9.14. The Balaban J connectivity index is 1.40. The highest BCUT2D eigenvalue weighted by atomic mass is 15.5. The van der Waals surface area contributed by atoms with E-state index in [0.717, 1.165) is 23.4 Å². The van der Waals surface area contributed by atoms with Crippen molar-refractivity contribution in [2.75, 3.05) is 9.91 Å². The minimum absolute atomic E-state index is 0.227. The number of allylic oxidation sites excluding steroid dienone is 2. The van der Waals surface area contributed by atoms with Crippen LogP contribution in [-0.4, -0.2) is 12.3 Å². The average molecular weight is 470 g/mol. The third-order valence-electron chi connectivity index (χ3n) is 6.32. The Labute approximate surface area is 214 Å². The number of hydrazone groups is 1. The average Bonchev–Trinajstić information content (AvgIpc) is 2.91. The zero-order valence-electron chi connectivity index (χ0n) is 20.8. The van der Waals surface area contributed by atoms with Gasteiger partial charge < -0.3 is 4.90 Å². The van der Waals surface area contributed by atoms with Crippen molar-refractivity contribution in [2.45, 2.75) is 26.3 Å². The number of hydrogen-bond acceptors (Lipinski definition) is 3. The lowest BCUT2D eigenvalue weighted by molar-refractivity contribution is 0.782. The molecule has 0 amide bonds. The third-order valence-corrected chi connectivity index (χ3v) is 6.32. The van der Waals surface area contributed by atoms with Gasteiger partial charge in [0.15, 0.2) is 0 Å². The van der Waals surface area contributed by atoms with Crippen LogP contribution in [0, 0.1) is 13.8 Å². The molecule has 1 unspecified atom stereocenters. The largest absolute Gasteiger partial charge is 0.334 e. The summed E-state index contributed by atoms with van der Waals surface area (Å²) in [7, 11) is 0. The standard InChI is InChI=1S/C33H31N3/c1-26-11-9-17-32(23-26)35(33-18-10-12-27(2)24-33)29-21-19-28(20-22-29)25-34-36(30-13-5-3-6-14-30)31-15-7-4-8-16-31/h3-21,23-25,29H,22H2,1-2H3/b34-25+. The second kappa shape index (κ2) is 10.9. The molecule has 0 bridgehead atoms. The highest BCUT2D eigenvalue weighted by Crippen LogP contribution is 2.32. The smallest absolute Gasteiger partial charge is 0.0652 e. The van der Waals surface area contributed by atoms with Gasteiger partial charge in [-0.1, -0.05) is 78.9 Å². The van der Waals surface area contributed by atoms with E-state index < -0.39 is 0 Å². The van der Waals surface area contributed by atoms with Crippen molar-refractivity contribution in [3.8, 4) is 0 Å². The van der Waals surface area contributed by atoms with Crippen LogP contribution in [-0.2, 0) is 0 Å². The number of aryl methyl sites for hydroxylation is 2. The lowest BCUT2D eigenvalue weighted by Crippen LogP contribution is -2.30. The van der Waals surface area contributed by atoms with Crippen molar-refractivity contribution >= 4 is 29.0 Å². The predicted octanol–water partition coefficient (Wildman–Crippen LogP) is 8.52. The Morgan fingerprint density at radius 1 is 0.667 bits per heavy atom. The number of nitrogens with zero attached hydrogens (tertiary/aromatic N) is 3. The first-order chi connectivity index (χ1) is 17.7. The molecule has 0 aromatic heterocycles. The van der Waals surface area contributed by atoms with E-state index in [2.05, 4.69) is 110 Å². The molecule has 0 aliphatic heterocycles. The van der Waals surface area contributed by atoms with Crippen LogP contribution in [0.4, 0.5) is 22.7 Å². The van der Waals surface area contributed by atoms with Gasteiger partial charge in [0.25, 0.3) is 0 Å². The molecule has 0 saturated heterocycles. The summed E-state index contributed by atoms with van der Waals surface area (Å²) in [6.45, 7) is 4.29. The van der Waals surface area contributed by atoms with Crippen LogP contribution in [0.5, 0.6) is 0 Å². The van der Waals surface area contributed by atoms with Crippen molar-refractivity contribution in [3.05, 3.63) is 144 Å². The molecule has 4 aromatic carbocycles. The van der Waals surface area contributed by atoms with Gasteiger partial charge in [0.2, 0.25) is 0 Å². The third kappa shape index (κ3) is 5.47. The van der Waals surface area contributed by atoms with E-state index in [1.807, 2.05) is 47.6 Å². The molecule has 3 heteroatoms. The summed E-state index contributed by atoms with van der Waals surface area (Å²) in [5, 5.41) is 6.85. The SMILES string of the molecule is Cc1cccc(N(c2cccc(C)c2)C2C=CC(/C=N/N(c3ccccc3)c3ccccc3)=CC2)c1. The summed E-state index contributed by atoms with van der Waals surface area (Å²) < 4.78 is 0.